The molecule has 0 radical (unpaired) electrons. The van der Waals surface area contributed by atoms with Crippen LogP contribution in [-0.2, 0) is 16.1 Å². The van der Waals surface area contributed by atoms with Gasteiger partial charge in [0.15, 0.2) is 5.13 Å². The first kappa shape index (κ1) is 33.5. The maximum Gasteiger partial charge on any atom is 0.490 e. The van der Waals surface area contributed by atoms with Crippen molar-refractivity contribution in [1.82, 2.24) is 14.8 Å². The van der Waals surface area contributed by atoms with Crippen molar-refractivity contribution in [1.29, 1.82) is 0 Å². The molecule has 1 aromatic heterocycles. The Balaban J connectivity index is 0.000000559. The number of carboxylic acids is 1. The fourth-order valence-corrected chi connectivity index (χ4v) is 6.19. The quantitative estimate of drug-likeness (QED) is 0.202. The number of likely N-dealkylation sites (tertiary alicyclic amines) is 1. The van der Waals surface area contributed by atoms with Gasteiger partial charge in [-0.2, -0.15) is 13.2 Å². The smallest absolute Gasteiger partial charge is 0.490 e. The normalized spacial score (nSPS) is 15.9. The third kappa shape index (κ3) is 7.77. The molecule has 0 spiro atoms. The molecule has 2 aliphatic heterocycles. The van der Waals surface area contributed by atoms with Crippen LogP contribution in [0.3, 0.4) is 0 Å². The van der Waals surface area contributed by atoms with Crippen LogP contribution >= 0.6 is 11.3 Å². The predicted octanol–water partition coefficient (Wildman–Crippen LogP) is 6.43. The van der Waals surface area contributed by atoms with E-state index in [1.165, 1.54) is 27.9 Å². The number of benzene rings is 3. The second-order valence-electron chi connectivity index (χ2n) is 11.2. The van der Waals surface area contributed by atoms with Crippen LogP contribution < -0.4 is 5.32 Å². The van der Waals surface area contributed by atoms with Crippen LogP contribution in [0, 0.1) is 5.82 Å². The van der Waals surface area contributed by atoms with E-state index in [9.17, 15) is 32.3 Å². The Morgan fingerprint density at radius 2 is 1.68 bits per heavy atom. The number of aliphatic carboxylic acids is 1. The molecule has 3 heterocycles. The Hall–Kier alpha value is -4.82. The summed E-state index contributed by atoms with van der Waals surface area (Å²) in [5, 5.41) is 22.5. The van der Waals surface area contributed by atoms with Crippen LogP contribution in [0.15, 0.2) is 72.2 Å². The number of rotatable bonds is 6. The minimum Gasteiger partial charge on any atom is -0.508 e. The number of fused-ring (bicyclic) bond motifs is 1. The van der Waals surface area contributed by atoms with Gasteiger partial charge in [0.25, 0.3) is 11.8 Å². The molecule has 246 valence electrons. The van der Waals surface area contributed by atoms with Crippen molar-refractivity contribution in [2.24, 2.45) is 0 Å². The molecule has 47 heavy (non-hydrogen) atoms. The Bertz CT molecular complexity index is 1760. The molecule has 1 saturated heterocycles. The number of hydrogen-bond acceptors (Lipinski definition) is 7. The summed E-state index contributed by atoms with van der Waals surface area (Å²) in [7, 11) is 2.16. The Kier molecular flexibility index (Phi) is 9.91. The number of thiazole rings is 1. The summed E-state index contributed by atoms with van der Waals surface area (Å²) in [5.41, 5.74) is 4.51. The van der Waals surface area contributed by atoms with Crippen molar-refractivity contribution in [3.05, 3.63) is 100 Å². The highest BCUT2D eigenvalue weighted by Gasteiger charge is 2.40. The molecular formula is C33H30F4N4O5S. The first-order valence-electron chi connectivity index (χ1n) is 14.5. The SMILES string of the molecule is CN1CCC(c2ccc(-c3ccc4c(c3)C(=O)N(C(C(=O)Nc3nccs3)c3cc(F)ccc3O)C4)cc2)CC1.O=C(O)C(F)(F)F. The highest BCUT2D eigenvalue weighted by molar-refractivity contribution is 7.13. The second-order valence-corrected chi connectivity index (χ2v) is 12.1. The van der Waals surface area contributed by atoms with E-state index in [0.29, 0.717) is 16.6 Å². The lowest BCUT2D eigenvalue weighted by Gasteiger charge is -2.29. The third-order valence-electron chi connectivity index (χ3n) is 8.12. The van der Waals surface area contributed by atoms with Gasteiger partial charge < -0.3 is 20.0 Å². The van der Waals surface area contributed by atoms with Gasteiger partial charge in [-0.3, -0.25) is 14.9 Å². The van der Waals surface area contributed by atoms with Crippen molar-refractivity contribution in [3.8, 4) is 16.9 Å². The van der Waals surface area contributed by atoms with Crippen LogP contribution in [0.2, 0.25) is 0 Å². The molecule has 3 aromatic carbocycles. The predicted molar refractivity (Wildman–Crippen MR) is 166 cm³/mol. The zero-order chi connectivity index (χ0) is 33.9. The lowest BCUT2D eigenvalue weighted by Crippen LogP contribution is -2.37. The summed E-state index contributed by atoms with van der Waals surface area (Å²) in [4.78, 5) is 43.9. The van der Waals surface area contributed by atoms with Crippen molar-refractivity contribution >= 4 is 34.3 Å². The molecule has 2 amide bonds. The van der Waals surface area contributed by atoms with E-state index >= 15 is 0 Å². The Morgan fingerprint density at radius 1 is 1.02 bits per heavy atom. The number of anilines is 1. The molecule has 3 N–H and O–H groups in total. The molecule has 0 aliphatic carbocycles. The number of nitrogens with one attached hydrogen (secondary N) is 1. The number of piperidine rings is 1. The number of carbonyl (C=O) groups excluding carboxylic acids is 2. The topological polar surface area (TPSA) is 123 Å². The molecule has 2 aliphatic rings. The van der Waals surface area contributed by atoms with Crippen molar-refractivity contribution in [3.63, 3.8) is 0 Å². The van der Waals surface area contributed by atoms with Crippen LogP contribution in [0.25, 0.3) is 11.1 Å². The molecule has 4 aromatic rings. The molecule has 1 unspecified atom stereocenters. The van der Waals surface area contributed by atoms with Crippen LogP contribution in [0.5, 0.6) is 5.75 Å². The Morgan fingerprint density at radius 3 is 2.30 bits per heavy atom. The second kappa shape index (κ2) is 13.9. The number of alkyl halides is 3. The van der Waals surface area contributed by atoms with E-state index < -0.39 is 29.9 Å². The molecule has 1 atom stereocenters. The van der Waals surface area contributed by atoms with E-state index in [4.69, 9.17) is 9.90 Å². The molecule has 14 heteroatoms. The average Bonchev–Trinajstić information content (AvgIpc) is 3.67. The summed E-state index contributed by atoms with van der Waals surface area (Å²) >= 11 is 1.23. The van der Waals surface area contributed by atoms with Gasteiger partial charge in [0.05, 0.1) is 0 Å². The first-order valence-corrected chi connectivity index (χ1v) is 15.4. The van der Waals surface area contributed by atoms with E-state index in [0.717, 1.165) is 54.8 Å². The van der Waals surface area contributed by atoms with Gasteiger partial charge in [-0.05, 0) is 85.4 Å². The first-order chi connectivity index (χ1) is 22.3. The summed E-state index contributed by atoms with van der Waals surface area (Å²) in [5.74, 6) is -4.02. The molecular weight excluding hydrogens is 640 g/mol. The average molecular weight is 671 g/mol. The number of aromatic nitrogens is 1. The minimum absolute atomic E-state index is 0.0138. The van der Waals surface area contributed by atoms with Gasteiger partial charge in [0.1, 0.15) is 17.6 Å². The van der Waals surface area contributed by atoms with E-state index in [2.05, 4.69) is 46.5 Å². The van der Waals surface area contributed by atoms with Crippen molar-refractivity contribution in [2.45, 2.75) is 37.5 Å². The monoisotopic (exact) mass is 670 g/mol. The lowest BCUT2D eigenvalue weighted by atomic mass is 9.88. The maximum atomic E-state index is 14.2. The van der Waals surface area contributed by atoms with E-state index in [1.54, 1.807) is 11.6 Å². The molecule has 0 bridgehead atoms. The molecule has 0 saturated carbocycles. The van der Waals surface area contributed by atoms with Gasteiger partial charge in [-0.1, -0.05) is 36.4 Å². The zero-order valence-electron chi connectivity index (χ0n) is 25.0. The Labute approximate surface area is 271 Å². The highest BCUT2D eigenvalue weighted by Crippen LogP contribution is 2.38. The van der Waals surface area contributed by atoms with Crippen molar-refractivity contribution < 1.29 is 42.2 Å². The number of carbonyl (C=O) groups is 3. The minimum atomic E-state index is -5.08. The zero-order valence-corrected chi connectivity index (χ0v) is 25.8. The fourth-order valence-electron chi connectivity index (χ4n) is 5.66. The van der Waals surface area contributed by atoms with E-state index in [1.807, 2.05) is 18.2 Å². The van der Waals surface area contributed by atoms with Gasteiger partial charge in [-0.25, -0.2) is 14.2 Å². The fraction of sp³-hybridized carbons (Fsp3) is 0.273. The maximum absolute atomic E-state index is 14.2. The summed E-state index contributed by atoms with van der Waals surface area (Å²) in [6.07, 6.45) is -1.23. The lowest BCUT2D eigenvalue weighted by molar-refractivity contribution is -0.192. The van der Waals surface area contributed by atoms with Crippen molar-refractivity contribution in [2.75, 3.05) is 25.5 Å². The van der Waals surface area contributed by atoms with Gasteiger partial charge >= 0.3 is 12.1 Å². The summed E-state index contributed by atoms with van der Waals surface area (Å²) in [6, 6.07) is 16.4. The number of phenols is 1. The number of amides is 2. The number of carboxylic acid groups (broad SMARTS) is 1. The van der Waals surface area contributed by atoms with Crippen LogP contribution in [-0.4, -0.2) is 69.1 Å². The summed E-state index contributed by atoms with van der Waals surface area (Å²) < 4.78 is 46.0. The standard InChI is InChI=1S/C31H29FN4O3S.C2HF3O2/c1-35-13-10-21(11-14-35)19-2-4-20(5-3-19)22-6-7-23-18-36(30(39)25(23)16-22)28(26-17-24(32)8-9-27(26)37)29(38)34-31-33-12-15-40-31;3-2(4,5)1(6)7/h2-9,12,15-17,21,28,37H,10-11,13-14,18H2,1H3,(H,33,34,38);(H,6,7). The van der Waals surface area contributed by atoms with Crippen LogP contribution in [0.1, 0.15) is 51.8 Å². The number of nitrogens with zero attached hydrogens (tertiary/aromatic N) is 3. The van der Waals surface area contributed by atoms with Gasteiger partial charge in [-0.15, -0.1) is 11.3 Å². The summed E-state index contributed by atoms with van der Waals surface area (Å²) in [6.45, 7) is 2.35. The number of aromatic hydroxyl groups is 1. The third-order valence-corrected chi connectivity index (χ3v) is 8.81. The highest BCUT2D eigenvalue weighted by atomic mass is 32.1. The molecule has 9 nitrogen and oxygen atoms in total. The van der Waals surface area contributed by atoms with Gasteiger partial charge in [0.2, 0.25) is 0 Å². The van der Waals surface area contributed by atoms with E-state index in [-0.39, 0.29) is 23.8 Å². The van der Waals surface area contributed by atoms with Crippen LogP contribution in [0.4, 0.5) is 22.7 Å². The number of hydrogen-bond donors (Lipinski definition) is 3. The number of phenolic OH excluding ortho intramolecular Hbond substituents is 1. The number of halogens is 4. The van der Waals surface area contributed by atoms with Gasteiger partial charge in [0, 0.05) is 29.2 Å². The molecule has 6 rings (SSSR count). The largest absolute Gasteiger partial charge is 0.508 e. The molecule has 1 fully saturated rings.